The largest absolute Gasteiger partial charge is 1.00 e. The van der Waals surface area contributed by atoms with E-state index in [4.69, 9.17) is 14.8 Å². The van der Waals surface area contributed by atoms with E-state index in [1.54, 1.807) is 80.3 Å². The van der Waals surface area contributed by atoms with Crippen LogP contribution in [0, 0.1) is 0 Å². The van der Waals surface area contributed by atoms with E-state index < -0.39 is 11.9 Å². The average molecular weight is 810 g/mol. The number of guanidine groups is 2. The quantitative estimate of drug-likeness (QED) is 0.0349. The molecule has 0 saturated heterocycles. The summed E-state index contributed by atoms with van der Waals surface area (Å²) in [6, 6.07) is 13.8. The molecule has 14 nitrogen and oxygen atoms in total. The molecule has 0 unspecified atom stereocenters. The smallest absolute Gasteiger partial charge is 1.00 e. The number of carbonyl (C=O) groups excluding carboxylic acids is 4. The van der Waals surface area contributed by atoms with E-state index in [1.807, 2.05) is 56.4 Å². The first-order valence-electron chi connectivity index (χ1n) is 13.2. The summed E-state index contributed by atoms with van der Waals surface area (Å²) >= 11 is 0. The van der Waals surface area contributed by atoms with Gasteiger partial charge in [0.05, 0.1) is 0 Å². The molecule has 0 bridgehead atoms. The molecule has 0 fully saturated rings. The van der Waals surface area contributed by atoms with Crippen molar-refractivity contribution < 1.29 is 176 Å². The van der Waals surface area contributed by atoms with E-state index in [9.17, 15) is 19.5 Å². The van der Waals surface area contributed by atoms with Crippen LogP contribution < -0.4 is 113 Å². The molecule has 1 N–H and O–H groups in total. The molecule has 2 aromatic carbocycles. The number of esters is 1. The Hall–Kier alpha value is -1.12. The molecule has 0 aliphatic heterocycles. The Labute approximate surface area is 401 Å². The van der Waals surface area contributed by atoms with Crippen molar-refractivity contribution in [2.75, 3.05) is 56.4 Å². The molecule has 0 heterocycles. The van der Waals surface area contributed by atoms with Gasteiger partial charge in [-0.15, -0.1) is 0 Å². The van der Waals surface area contributed by atoms with Gasteiger partial charge in [0, 0.05) is 119 Å². The Morgan fingerprint density at radius 1 is 0.735 bits per heavy atom. The van der Waals surface area contributed by atoms with Crippen molar-refractivity contribution >= 4 is 48.3 Å². The maximum atomic E-state index is 11.9. The predicted octanol–water partition coefficient (Wildman–Crippen LogP) is -3.77. The number of ether oxygens (including phenoxy) is 1. The first-order valence-corrected chi connectivity index (χ1v) is 13.2. The van der Waals surface area contributed by atoms with Gasteiger partial charge in [-0.1, -0.05) is 43.8 Å². The average Bonchev–Trinajstić information content (AvgIpc) is 2.97. The van der Waals surface area contributed by atoms with Gasteiger partial charge in [-0.3, -0.25) is 19.2 Å². The zero-order valence-electron chi connectivity index (χ0n) is 30.6. The Morgan fingerprint density at radius 2 is 1.08 bits per heavy atom. The summed E-state index contributed by atoms with van der Waals surface area (Å²) in [5.74, 6) is 0.470. The molecule has 2 amide bonds. The number of nitrogens with zero attached hydrogens (tertiary/aromatic N) is 6. The molecule has 0 spiro atoms. The number of para-hydroxylation sites is 2. The topological polar surface area (TPSA) is 168 Å². The number of phenolic OH excluding ortho intramolecular Hbond substituents is 1. The van der Waals surface area contributed by atoms with Gasteiger partial charge in [0.25, 0.3) is 18.3 Å². The number of carbonyl (C=O) groups is 4. The van der Waals surface area contributed by atoms with Gasteiger partial charge in [-0.05, 0) is 24.3 Å². The number of aliphatic imine (C=N–C) groups is 2. The Kier molecular flexibility index (Phi) is 38.3. The molecule has 1 radical (unpaired) electrons. The fraction of sp³-hybridized carbons (Fsp3) is 0.312. The predicted molar refractivity (Wildman–Crippen MR) is 179 cm³/mol. The zero-order chi connectivity index (χ0) is 34.5. The second-order valence-corrected chi connectivity index (χ2v) is 9.63. The number of amides is 2. The van der Waals surface area contributed by atoms with Crippen LogP contribution in [-0.2, 0) is 56.8 Å². The van der Waals surface area contributed by atoms with Crippen LogP contribution in [0.2, 0.25) is 0 Å². The third-order valence-corrected chi connectivity index (χ3v) is 4.98. The summed E-state index contributed by atoms with van der Waals surface area (Å²) in [5.41, 5.74) is 1.22. The van der Waals surface area contributed by atoms with E-state index in [2.05, 4.69) is 14.9 Å². The van der Waals surface area contributed by atoms with E-state index in [0.717, 1.165) is 0 Å². The number of phenols is 1. The SMILES string of the molecule is C.CC(=O)Oc1ccccc1/C=C/C(=O)N=C(N(C)C)N(C)C.CN(C)C(=NC(=O)/C=C/c1ccccc1O)N(C)C.O=CO[O-].[H-].[K+].[K+].[Y]. The number of aromatic hydroxyl groups is 1. The third-order valence-electron chi connectivity index (χ3n) is 4.98. The van der Waals surface area contributed by atoms with E-state index >= 15 is 0 Å². The van der Waals surface area contributed by atoms with Gasteiger partial charge >= 0.3 is 109 Å². The third kappa shape index (κ3) is 26.3. The van der Waals surface area contributed by atoms with Crippen molar-refractivity contribution in [2.24, 2.45) is 9.98 Å². The minimum absolute atomic E-state index is 0. The van der Waals surface area contributed by atoms with Crippen molar-refractivity contribution in [2.45, 2.75) is 14.4 Å². The Morgan fingerprint density at radius 3 is 1.43 bits per heavy atom. The molecular formula is C32H46K2N6O8Y. The monoisotopic (exact) mass is 809 g/mol. The van der Waals surface area contributed by atoms with Crippen LogP contribution in [0.3, 0.4) is 0 Å². The van der Waals surface area contributed by atoms with Crippen LogP contribution in [0.5, 0.6) is 11.5 Å². The summed E-state index contributed by atoms with van der Waals surface area (Å²) < 4.78 is 5.08. The first-order chi connectivity index (χ1) is 21.1. The van der Waals surface area contributed by atoms with Crippen LogP contribution in [-0.4, -0.2) is 117 Å². The molecule has 0 aliphatic carbocycles. The van der Waals surface area contributed by atoms with E-state index in [0.29, 0.717) is 28.8 Å². The summed E-state index contributed by atoms with van der Waals surface area (Å²) in [7, 11) is 14.5. The number of rotatable bonds is 6. The van der Waals surface area contributed by atoms with Crippen molar-refractivity contribution in [1.82, 2.24) is 19.6 Å². The zero-order valence-corrected chi connectivity index (χ0v) is 38.7. The molecule has 0 saturated carbocycles. The number of hydrogen-bond donors (Lipinski definition) is 1. The van der Waals surface area contributed by atoms with Gasteiger partial charge in [0.2, 0.25) is 11.9 Å². The van der Waals surface area contributed by atoms with Gasteiger partial charge in [-0.2, -0.15) is 9.98 Å². The van der Waals surface area contributed by atoms with Crippen molar-refractivity contribution in [1.29, 1.82) is 0 Å². The van der Waals surface area contributed by atoms with Gasteiger partial charge in [-0.25, -0.2) is 0 Å². The number of hydrogen-bond acceptors (Lipinski definition) is 8. The second kappa shape index (κ2) is 32.8. The van der Waals surface area contributed by atoms with Crippen molar-refractivity contribution in [3.8, 4) is 11.5 Å². The molecule has 0 atom stereocenters. The molecule has 0 aromatic heterocycles. The normalized spacial score (nSPS) is 9.02. The standard InChI is InChI=1S/C16H21N3O3.C14H19N3O2.CH2O3.CH4.2K.Y.H/c1-12(20)22-14-9-7-6-8-13(14)10-11-15(21)17-16(18(2)3)19(4)5;1-16(2)14(17(3)4)15-13(19)10-9-11-7-5-6-8-12(11)18;2-1-4-3;;;;;/h6-11H,1-5H3;5-10,18H,1-4H3;1,3H;1H4;;;;/q;;;;2*+1;;-1/p-1/b11-10+;10-9+;;;;;;. The minimum Gasteiger partial charge on any atom is -1.00 e. The van der Waals surface area contributed by atoms with Crippen LogP contribution in [0.25, 0.3) is 12.2 Å². The molecule has 257 valence electrons. The summed E-state index contributed by atoms with van der Waals surface area (Å²) in [6.45, 7) is 1.15. The Balaban J connectivity index is -0.000000161. The fourth-order valence-corrected chi connectivity index (χ4v) is 3.29. The summed E-state index contributed by atoms with van der Waals surface area (Å²) in [6.07, 6.45) is 5.80. The fourth-order valence-electron chi connectivity index (χ4n) is 3.29. The van der Waals surface area contributed by atoms with E-state index in [1.165, 1.54) is 19.1 Å². The van der Waals surface area contributed by atoms with Gasteiger partial charge in [0.15, 0.2) is 0 Å². The maximum absolute atomic E-state index is 11.9. The Bertz CT molecular complexity index is 1390. The van der Waals surface area contributed by atoms with Crippen LogP contribution in [0.1, 0.15) is 26.9 Å². The van der Waals surface area contributed by atoms with Crippen LogP contribution >= 0.6 is 0 Å². The first kappa shape index (κ1) is 57.2. The molecule has 2 rings (SSSR count). The van der Waals surface area contributed by atoms with Crippen molar-refractivity contribution in [3.63, 3.8) is 0 Å². The van der Waals surface area contributed by atoms with Crippen molar-refractivity contribution in [3.05, 3.63) is 71.8 Å². The summed E-state index contributed by atoms with van der Waals surface area (Å²) in [5, 5.41) is 18.0. The van der Waals surface area contributed by atoms with Gasteiger partial charge in [0.1, 0.15) is 11.5 Å². The maximum Gasteiger partial charge on any atom is 1.00 e. The second-order valence-electron chi connectivity index (χ2n) is 9.63. The van der Waals surface area contributed by atoms with E-state index in [-0.39, 0.29) is 162 Å². The molecule has 2 aromatic rings. The molecule has 0 aliphatic rings. The summed E-state index contributed by atoms with van der Waals surface area (Å²) in [4.78, 5) is 61.0. The van der Waals surface area contributed by atoms with Gasteiger partial charge < -0.3 is 41.0 Å². The van der Waals surface area contributed by atoms with Crippen LogP contribution in [0.15, 0.2) is 70.7 Å². The number of benzene rings is 2. The molecular weight excluding hydrogens is 763 g/mol. The molecule has 49 heavy (non-hydrogen) atoms. The minimum atomic E-state index is -0.410. The van der Waals surface area contributed by atoms with Crippen LogP contribution in [0.4, 0.5) is 0 Å². The molecule has 17 heteroatoms.